The minimum Gasteiger partial charge on any atom is -0.566 e. The van der Waals surface area contributed by atoms with Crippen molar-refractivity contribution >= 4 is 14.2 Å². The van der Waals surface area contributed by atoms with Gasteiger partial charge >= 0.3 is 8.25 Å². The summed E-state index contributed by atoms with van der Waals surface area (Å²) in [4.78, 5) is 21.6. The Bertz CT molecular complexity index is 447. The van der Waals surface area contributed by atoms with Gasteiger partial charge < -0.3 is 10.2 Å². The van der Waals surface area contributed by atoms with Crippen LogP contribution in [0.4, 0.5) is 0 Å². The Morgan fingerprint density at radius 1 is 0.962 bits per heavy atom. The molecule has 6 heteroatoms. The molecule has 0 aliphatic carbocycles. The lowest BCUT2D eigenvalue weighted by atomic mass is 10.1. The number of hydrogen-bond donors (Lipinski definition) is 1. The summed E-state index contributed by atoms with van der Waals surface area (Å²) in [6, 6.07) is 0. The van der Waals surface area contributed by atoms with Gasteiger partial charge in [-0.3, -0.25) is 4.79 Å². The monoisotopic (exact) mass is 383 g/mol. The predicted molar refractivity (Wildman–Crippen MR) is 106 cm³/mol. The Balaban J connectivity index is 3.40. The van der Waals surface area contributed by atoms with Crippen molar-refractivity contribution in [2.24, 2.45) is 0 Å². The molecule has 148 valence electrons. The number of unbranched alkanes of at least 4 members (excludes halogenated alkanes) is 5. The molecule has 26 heavy (non-hydrogen) atoms. The number of carbonyl (C=O) groups is 1. The van der Waals surface area contributed by atoms with E-state index in [-0.39, 0.29) is 19.1 Å². The molecular formula is C20H34NO4P. The maximum absolute atomic E-state index is 11.5. The van der Waals surface area contributed by atoms with Crippen molar-refractivity contribution in [3.63, 3.8) is 0 Å². The van der Waals surface area contributed by atoms with E-state index >= 15 is 0 Å². The minimum atomic E-state index is -2.83. The van der Waals surface area contributed by atoms with Crippen LogP contribution in [-0.2, 0) is 13.9 Å². The molecule has 5 nitrogen and oxygen atoms in total. The van der Waals surface area contributed by atoms with E-state index in [0.717, 1.165) is 32.1 Å². The Morgan fingerprint density at radius 2 is 1.54 bits per heavy atom. The maximum Gasteiger partial charge on any atom is 0.488 e. The molecule has 0 radical (unpaired) electrons. The number of allylic oxidation sites excluding steroid dienone is 6. The topological polar surface area (TPSA) is 78.5 Å². The van der Waals surface area contributed by atoms with Crippen LogP contribution in [0.1, 0.15) is 71.1 Å². The summed E-state index contributed by atoms with van der Waals surface area (Å²) in [6.45, 7) is 2.44. The number of hydrogen-bond acceptors (Lipinski definition) is 4. The first-order valence-electron chi connectivity index (χ1n) is 9.65. The quantitative estimate of drug-likeness (QED) is 0.224. The molecule has 0 rings (SSSR count). The van der Waals surface area contributed by atoms with Crippen LogP contribution in [0.15, 0.2) is 36.5 Å². The van der Waals surface area contributed by atoms with E-state index in [9.17, 15) is 14.3 Å². The second-order valence-corrected chi connectivity index (χ2v) is 6.74. The van der Waals surface area contributed by atoms with Crippen LogP contribution in [0, 0.1) is 0 Å². The van der Waals surface area contributed by atoms with Crippen LogP contribution in [0.25, 0.3) is 0 Å². The molecule has 1 unspecified atom stereocenters. The van der Waals surface area contributed by atoms with Crippen LogP contribution in [0.5, 0.6) is 0 Å². The highest BCUT2D eigenvalue weighted by Gasteiger charge is 2.03. The third-order valence-corrected chi connectivity index (χ3v) is 4.06. The standard InChI is InChI=1S/C20H34NO4P/c1-2-3-4-5-6-7-8-9-10-11-12-13-14-15-16-17-20(22)21-18-19-25-26(23)24/h6-7,9-10,12-13H,2-5,8,11,14-19H2,1H3,(H,21,22). The van der Waals surface area contributed by atoms with Gasteiger partial charge in [0.05, 0.1) is 0 Å². The molecule has 0 spiro atoms. The lowest BCUT2D eigenvalue weighted by molar-refractivity contribution is -0.185. The minimum absolute atomic E-state index is 0.00462. The van der Waals surface area contributed by atoms with Crippen LogP contribution >= 0.6 is 8.25 Å². The SMILES string of the molecule is CCCCCC=CCC=CCC=CCCCCC(=O)NCCO[P+](=O)[O-]. The fraction of sp³-hybridized carbons (Fsp3) is 0.650. The summed E-state index contributed by atoms with van der Waals surface area (Å²) in [5, 5.41) is 2.62. The van der Waals surface area contributed by atoms with Gasteiger partial charge in [-0.15, -0.1) is 4.52 Å². The average Bonchev–Trinajstić information content (AvgIpc) is 2.62. The average molecular weight is 383 g/mol. The summed E-state index contributed by atoms with van der Waals surface area (Å²) < 4.78 is 14.5. The molecule has 0 aromatic rings. The van der Waals surface area contributed by atoms with Crippen LogP contribution in [0.2, 0.25) is 0 Å². The van der Waals surface area contributed by atoms with Crippen molar-refractivity contribution in [1.29, 1.82) is 0 Å². The number of carbonyl (C=O) groups excluding carboxylic acids is 1. The van der Waals surface area contributed by atoms with Gasteiger partial charge in [-0.05, 0) is 49.5 Å². The Morgan fingerprint density at radius 3 is 2.12 bits per heavy atom. The fourth-order valence-corrected chi connectivity index (χ4v) is 2.48. The van der Waals surface area contributed by atoms with Crippen molar-refractivity contribution < 1.29 is 18.8 Å². The third kappa shape index (κ3) is 20.8. The lowest BCUT2D eigenvalue weighted by Gasteiger charge is -2.02. The predicted octanol–water partition coefficient (Wildman–Crippen LogP) is 4.73. The number of rotatable bonds is 17. The van der Waals surface area contributed by atoms with Crippen LogP contribution < -0.4 is 10.2 Å². The van der Waals surface area contributed by atoms with E-state index in [1.165, 1.54) is 25.7 Å². The first-order chi connectivity index (χ1) is 12.7. The van der Waals surface area contributed by atoms with Crippen molar-refractivity contribution in [2.45, 2.75) is 71.1 Å². The molecule has 0 saturated carbocycles. The zero-order valence-corrected chi connectivity index (χ0v) is 16.9. The summed E-state index contributed by atoms with van der Waals surface area (Å²) >= 11 is 0. The molecular weight excluding hydrogens is 349 g/mol. The highest BCUT2D eigenvalue weighted by molar-refractivity contribution is 7.30. The van der Waals surface area contributed by atoms with Crippen molar-refractivity contribution in [2.75, 3.05) is 13.2 Å². The number of amides is 1. The van der Waals surface area contributed by atoms with Crippen LogP contribution in [0.3, 0.4) is 0 Å². The maximum atomic E-state index is 11.5. The summed E-state index contributed by atoms with van der Waals surface area (Å²) in [6.07, 6.45) is 23.4. The normalized spacial score (nSPS) is 12.5. The van der Waals surface area contributed by atoms with E-state index in [4.69, 9.17) is 0 Å². The van der Waals surface area contributed by atoms with Gasteiger partial charge in [-0.1, -0.05) is 56.2 Å². The van der Waals surface area contributed by atoms with Crippen molar-refractivity contribution in [3.05, 3.63) is 36.5 Å². The highest BCUT2D eigenvalue weighted by Crippen LogP contribution is 2.06. The van der Waals surface area contributed by atoms with Gasteiger partial charge in [0.1, 0.15) is 6.61 Å². The smallest absolute Gasteiger partial charge is 0.488 e. The van der Waals surface area contributed by atoms with E-state index in [1.807, 2.05) is 0 Å². The van der Waals surface area contributed by atoms with Gasteiger partial charge in [-0.2, -0.15) is 0 Å². The molecule has 0 heterocycles. The van der Waals surface area contributed by atoms with Gasteiger partial charge in [-0.25, -0.2) is 0 Å². The van der Waals surface area contributed by atoms with Crippen molar-refractivity contribution in [3.8, 4) is 0 Å². The van der Waals surface area contributed by atoms with E-state index in [1.54, 1.807) is 0 Å². The molecule has 0 saturated heterocycles. The van der Waals surface area contributed by atoms with Crippen LogP contribution in [-0.4, -0.2) is 19.1 Å². The van der Waals surface area contributed by atoms with Crippen molar-refractivity contribution in [1.82, 2.24) is 5.32 Å². The summed E-state index contributed by atoms with van der Waals surface area (Å²) in [7, 11) is -2.83. The first-order valence-corrected chi connectivity index (χ1v) is 10.7. The second-order valence-electron chi connectivity index (χ2n) is 6.03. The third-order valence-electron chi connectivity index (χ3n) is 3.66. The molecule has 0 aromatic carbocycles. The Hall–Kier alpha value is -1.29. The van der Waals surface area contributed by atoms with E-state index in [2.05, 4.69) is 53.2 Å². The molecule has 0 aliphatic heterocycles. The Labute approximate surface area is 159 Å². The molecule has 1 N–H and O–H groups in total. The van der Waals surface area contributed by atoms with E-state index in [0.29, 0.717) is 6.42 Å². The Kier molecular flexibility index (Phi) is 19.0. The second kappa shape index (κ2) is 20.0. The van der Waals surface area contributed by atoms with Gasteiger partial charge in [0, 0.05) is 13.0 Å². The lowest BCUT2D eigenvalue weighted by Crippen LogP contribution is -2.26. The molecule has 0 aromatic heterocycles. The molecule has 1 atom stereocenters. The van der Waals surface area contributed by atoms with Gasteiger partial charge in [0.25, 0.3) is 0 Å². The molecule has 0 aliphatic rings. The first kappa shape index (κ1) is 24.7. The van der Waals surface area contributed by atoms with Gasteiger partial charge in [0.2, 0.25) is 5.91 Å². The van der Waals surface area contributed by atoms with Gasteiger partial charge in [0.15, 0.2) is 0 Å². The molecule has 0 bridgehead atoms. The highest BCUT2D eigenvalue weighted by atomic mass is 31.1. The fourth-order valence-electron chi connectivity index (χ4n) is 2.24. The molecule has 1 amide bonds. The molecule has 0 fully saturated rings. The summed E-state index contributed by atoms with van der Waals surface area (Å²) in [5.74, 6) is -0.0654. The zero-order chi connectivity index (χ0) is 19.3. The zero-order valence-electron chi connectivity index (χ0n) is 16.0. The van der Waals surface area contributed by atoms with E-state index < -0.39 is 8.25 Å². The summed E-state index contributed by atoms with van der Waals surface area (Å²) in [5.41, 5.74) is 0. The largest absolute Gasteiger partial charge is 0.566 e. The number of nitrogens with one attached hydrogen (secondary N) is 1.